The Morgan fingerprint density at radius 3 is 2.35 bits per heavy atom. The van der Waals surface area contributed by atoms with Gasteiger partial charge in [0.25, 0.3) is 0 Å². The lowest BCUT2D eigenvalue weighted by molar-refractivity contribution is -0.132. The molecule has 0 aliphatic carbocycles. The highest BCUT2D eigenvalue weighted by Crippen LogP contribution is 2.28. The van der Waals surface area contributed by atoms with E-state index in [-0.39, 0.29) is 11.9 Å². The number of aromatic nitrogens is 2. The third-order valence-corrected chi connectivity index (χ3v) is 3.55. The SMILES string of the molecule is Cc1nn(C(C)C(=O)N(C)C)c(C)c1-c1ccccc1. The molecule has 0 saturated carbocycles. The quantitative estimate of drug-likeness (QED) is 0.861. The number of hydrogen-bond donors (Lipinski definition) is 0. The minimum Gasteiger partial charge on any atom is -0.347 e. The molecule has 0 bridgehead atoms. The van der Waals surface area contributed by atoms with Gasteiger partial charge in [0, 0.05) is 25.4 Å². The van der Waals surface area contributed by atoms with Crippen LogP contribution in [0.3, 0.4) is 0 Å². The fourth-order valence-electron chi connectivity index (χ4n) is 2.54. The molecule has 2 rings (SSSR count). The maximum atomic E-state index is 12.1. The molecule has 4 nitrogen and oxygen atoms in total. The summed E-state index contributed by atoms with van der Waals surface area (Å²) in [4.78, 5) is 13.7. The Hall–Kier alpha value is -2.10. The summed E-state index contributed by atoms with van der Waals surface area (Å²) in [5, 5.41) is 4.56. The van der Waals surface area contributed by atoms with Crippen LogP contribution in [0.15, 0.2) is 30.3 Å². The van der Waals surface area contributed by atoms with E-state index < -0.39 is 0 Å². The summed E-state index contributed by atoms with van der Waals surface area (Å²) >= 11 is 0. The summed E-state index contributed by atoms with van der Waals surface area (Å²) in [7, 11) is 3.53. The van der Waals surface area contributed by atoms with Gasteiger partial charge >= 0.3 is 0 Å². The maximum Gasteiger partial charge on any atom is 0.246 e. The molecule has 106 valence electrons. The van der Waals surface area contributed by atoms with Gasteiger partial charge in [0.05, 0.1) is 5.69 Å². The highest BCUT2D eigenvalue weighted by atomic mass is 16.2. The highest BCUT2D eigenvalue weighted by Gasteiger charge is 2.22. The van der Waals surface area contributed by atoms with Crippen LogP contribution in [-0.2, 0) is 4.79 Å². The standard InChI is InChI=1S/C16H21N3O/c1-11-15(14-9-7-6-8-10-14)12(2)19(17-11)13(3)16(20)18(4)5/h6-10,13H,1-5H3. The van der Waals surface area contributed by atoms with Gasteiger partial charge in [-0.15, -0.1) is 0 Å². The van der Waals surface area contributed by atoms with Crippen LogP contribution in [0, 0.1) is 13.8 Å². The Kier molecular flexibility index (Phi) is 3.93. The van der Waals surface area contributed by atoms with Crippen molar-refractivity contribution in [1.82, 2.24) is 14.7 Å². The van der Waals surface area contributed by atoms with E-state index >= 15 is 0 Å². The number of rotatable bonds is 3. The van der Waals surface area contributed by atoms with Gasteiger partial charge in [-0.3, -0.25) is 9.48 Å². The normalized spacial score (nSPS) is 12.2. The first kappa shape index (κ1) is 14.3. The van der Waals surface area contributed by atoms with Gasteiger partial charge in [0.1, 0.15) is 6.04 Å². The fraction of sp³-hybridized carbons (Fsp3) is 0.375. The van der Waals surface area contributed by atoms with Crippen LogP contribution in [0.4, 0.5) is 0 Å². The van der Waals surface area contributed by atoms with Gasteiger partial charge in [-0.25, -0.2) is 0 Å². The van der Waals surface area contributed by atoms with Crippen LogP contribution in [0.1, 0.15) is 24.4 Å². The van der Waals surface area contributed by atoms with Crippen LogP contribution in [0.2, 0.25) is 0 Å². The second kappa shape index (κ2) is 5.49. The van der Waals surface area contributed by atoms with Crippen LogP contribution >= 0.6 is 0 Å². The summed E-state index contributed by atoms with van der Waals surface area (Å²) in [6.45, 7) is 5.89. The molecule has 0 saturated heterocycles. The summed E-state index contributed by atoms with van der Waals surface area (Å²) in [6, 6.07) is 9.87. The number of amides is 1. The van der Waals surface area contributed by atoms with Gasteiger partial charge in [-0.1, -0.05) is 30.3 Å². The molecule has 1 heterocycles. The molecule has 0 aliphatic rings. The van der Waals surface area contributed by atoms with Crippen LogP contribution in [0.5, 0.6) is 0 Å². The number of hydrogen-bond acceptors (Lipinski definition) is 2. The second-order valence-corrected chi connectivity index (χ2v) is 5.27. The Balaban J connectivity index is 2.47. The van der Waals surface area contributed by atoms with Crippen molar-refractivity contribution in [1.29, 1.82) is 0 Å². The number of carbonyl (C=O) groups is 1. The second-order valence-electron chi connectivity index (χ2n) is 5.27. The molecule has 20 heavy (non-hydrogen) atoms. The number of aryl methyl sites for hydroxylation is 1. The topological polar surface area (TPSA) is 38.1 Å². The predicted octanol–water partition coefficient (Wildman–Crippen LogP) is 2.82. The van der Waals surface area contributed by atoms with Crippen molar-refractivity contribution in [3.8, 4) is 11.1 Å². The summed E-state index contributed by atoms with van der Waals surface area (Å²) in [5.41, 5.74) is 4.23. The van der Waals surface area contributed by atoms with Gasteiger partial charge in [-0.05, 0) is 26.3 Å². The fourth-order valence-corrected chi connectivity index (χ4v) is 2.54. The molecular weight excluding hydrogens is 250 g/mol. The van der Waals surface area contributed by atoms with Crippen LogP contribution in [-0.4, -0.2) is 34.7 Å². The Morgan fingerprint density at radius 1 is 1.20 bits per heavy atom. The summed E-state index contributed by atoms with van der Waals surface area (Å²) in [6.07, 6.45) is 0. The zero-order chi connectivity index (χ0) is 14.9. The molecule has 1 unspecified atom stereocenters. The van der Waals surface area contributed by atoms with Gasteiger partial charge in [0.15, 0.2) is 0 Å². The lowest BCUT2D eigenvalue weighted by Crippen LogP contribution is -2.30. The Morgan fingerprint density at radius 2 is 1.80 bits per heavy atom. The van der Waals surface area contributed by atoms with Crippen molar-refractivity contribution < 1.29 is 4.79 Å². The molecule has 1 amide bonds. The number of carbonyl (C=O) groups excluding carboxylic acids is 1. The molecule has 0 spiro atoms. The van der Waals surface area contributed by atoms with Crippen molar-refractivity contribution in [3.63, 3.8) is 0 Å². The monoisotopic (exact) mass is 271 g/mol. The first-order valence-corrected chi connectivity index (χ1v) is 6.75. The van der Waals surface area contributed by atoms with E-state index in [2.05, 4.69) is 17.2 Å². The zero-order valence-corrected chi connectivity index (χ0v) is 12.7. The average molecular weight is 271 g/mol. The molecule has 0 fully saturated rings. The van der Waals surface area contributed by atoms with E-state index in [1.54, 1.807) is 19.0 Å². The van der Waals surface area contributed by atoms with E-state index in [9.17, 15) is 4.79 Å². The maximum absolute atomic E-state index is 12.1. The smallest absolute Gasteiger partial charge is 0.246 e. The molecule has 0 aliphatic heterocycles. The van der Waals surface area contributed by atoms with Crippen molar-refractivity contribution in [2.75, 3.05) is 14.1 Å². The number of likely N-dealkylation sites (N-methyl/N-ethyl adjacent to an activating group) is 1. The lowest BCUT2D eigenvalue weighted by Gasteiger charge is -2.18. The van der Waals surface area contributed by atoms with E-state index in [1.165, 1.54) is 0 Å². The van der Waals surface area contributed by atoms with Crippen molar-refractivity contribution in [3.05, 3.63) is 41.7 Å². The molecule has 1 aromatic carbocycles. The van der Waals surface area contributed by atoms with Crippen molar-refractivity contribution in [2.45, 2.75) is 26.8 Å². The minimum absolute atomic E-state index is 0.0511. The first-order valence-electron chi connectivity index (χ1n) is 6.75. The lowest BCUT2D eigenvalue weighted by atomic mass is 10.0. The predicted molar refractivity (Wildman–Crippen MR) is 80.5 cm³/mol. The molecule has 1 atom stereocenters. The molecular formula is C16H21N3O. The van der Waals surface area contributed by atoms with E-state index in [0.29, 0.717) is 0 Å². The molecule has 4 heteroatoms. The Bertz CT molecular complexity index is 614. The first-order chi connectivity index (χ1) is 9.43. The molecule has 2 aromatic rings. The van der Waals surface area contributed by atoms with E-state index in [1.807, 2.05) is 43.7 Å². The van der Waals surface area contributed by atoms with Crippen molar-refractivity contribution >= 4 is 5.91 Å². The minimum atomic E-state index is -0.291. The summed E-state index contributed by atoms with van der Waals surface area (Å²) in [5.74, 6) is 0.0511. The summed E-state index contributed by atoms with van der Waals surface area (Å²) < 4.78 is 1.82. The number of nitrogens with zero attached hydrogens (tertiary/aromatic N) is 3. The van der Waals surface area contributed by atoms with Gasteiger partial charge in [-0.2, -0.15) is 5.10 Å². The highest BCUT2D eigenvalue weighted by molar-refractivity contribution is 5.80. The largest absolute Gasteiger partial charge is 0.347 e. The van der Waals surface area contributed by atoms with E-state index in [4.69, 9.17) is 0 Å². The third kappa shape index (κ3) is 2.46. The van der Waals surface area contributed by atoms with Crippen molar-refractivity contribution in [2.24, 2.45) is 0 Å². The molecule has 1 aromatic heterocycles. The van der Waals surface area contributed by atoms with Crippen LogP contribution in [0.25, 0.3) is 11.1 Å². The van der Waals surface area contributed by atoms with E-state index in [0.717, 1.165) is 22.5 Å². The molecule has 0 N–H and O–H groups in total. The molecule has 0 radical (unpaired) electrons. The van der Waals surface area contributed by atoms with Crippen LogP contribution < -0.4 is 0 Å². The number of benzene rings is 1. The third-order valence-electron chi connectivity index (χ3n) is 3.55. The zero-order valence-electron chi connectivity index (χ0n) is 12.7. The average Bonchev–Trinajstić information content (AvgIpc) is 2.73. The Labute approximate surface area is 120 Å². The van der Waals surface area contributed by atoms with Gasteiger partial charge < -0.3 is 4.90 Å². The van der Waals surface area contributed by atoms with Gasteiger partial charge in [0.2, 0.25) is 5.91 Å².